The molecule has 5 nitrogen and oxygen atoms in total. The van der Waals surface area contributed by atoms with E-state index in [0.29, 0.717) is 29.6 Å². The third-order valence-corrected chi connectivity index (χ3v) is 2.54. The Bertz CT molecular complexity index is 298. The molecule has 0 fully saturated rings. The fourth-order valence-electron chi connectivity index (χ4n) is 1.44. The lowest BCUT2D eigenvalue weighted by molar-refractivity contribution is -0.883. The zero-order chi connectivity index (χ0) is 13.5. The van der Waals surface area contributed by atoms with Gasteiger partial charge in [0.1, 0.15) is 0 Å². The van der Waals surface area contributed by atoms with Crippen LogP contribution in [0.1, 0.15) is 19.8 Å². The van der Waals surface area contributed by atoms with Crippen molar-refractivity contribution in [2.24, 2.45) is 0 Å². The summed E-state index contributed by atoms with van der Waals surface area (Å²) < 4.78 is 0.417. The van der Waals surface area contributed by atoms with Crippen LogP contribution in [0.25, 0.3) is 0 Å². The fourth-order valence-corrected chi connectivity index (χ4v) is 1.44. The van der Waals surface area contributed by atoms with Gasteiger partial charge in [0.2, 0.25) is 5.91 Å². The minimum Gasteiger partial charge on any atom is -0.477 e. The number of aliphatic carboxylic acids is 1. The van der Waals surface area contributed by atoms with E-state index in [-0.39, 0.29) is 12.5 Å². The minimum absolute atomic E-state index is 0.0929. The third-order valence-electron chi connectivity index (χ3n) is 2.54. The molecule has 17 heavy (non-hydrogen) atoms. The molecule has 0 aromatic heterocycles. The highest BCUT2D eigenvalue weighted by atomic mass is 16.4. The molecule has 0 heterocycles. The molecule has 5 heteroatoms. The van der Waals surface area contributed by atoms with Gasteiger partial charge in [0.05, 0.1) is 20.6 Å². The van der Waals surface area contributed by atoms with Crippen LogP contribution in [0, 0.1) is 0 Å². The first kappa shape index (κ1) is 15.6. The number of nitrogens with zero attached hydrogens (tertiary/aromatic N) is 1. The van der Waals surface area contributed by atoms with Gasteiger partial charge in [-0.05, 0) is 6.42 Å². The predicted octanol–water partition coefficient (Wildman–Crippen LogP) is 0.620. The zero-order valence-corrected chi connectivity index (χ0v) is 11.0. The highest BCUT2D eigenvalue weighted by Crippen LogP contribution is 1.99. The Labute approximate surface area is 103 Å². The molecule has 0 rings (SSSR count). The van der Waals surface area contributed by atoms with E-state index in [2.05, 4.69) is 11.9 Å². The molecular weight excluding hydrogens is 220 g/mol. The maximum Gasteiger partial charge on any atom is 0.359 e. The van der Waals surface area contributed by atoms with E-state index < -0.39 is 5.97 Å². The molecule has 0 aromatic carbocycles. The number of hydrogen-bond acceptors (Lipinski definition) is 2. The molecule has 1 amide bonds. The first-order valence-corrected chi connectivity index (χ1v) is 5.78. The van der Waals surface area contributed by atoms with Gasteiger partial charge in [-0.1, -0.05) is 13.5 Å². The molecular formula is C12H23N2O3+. The first-order chi connectivity index (χ1) is 7.78. The van der Waals surface area contributed by atoms with Gasteiger partial charge in [0.15, 0.2) is 6.54 Å². The normalized spacial score (nSPS) is 11.0. The topological polar surface area (TPSA) is 66.4 Å². The fraction of sp³-hybridized carbons (Fsp3) is 0.667. The molecule has 0 spiro atoms. The number of likely N-dealkylation sites (N-methyl/N-ethyl adjacent to an activating group) is 1. The molecule has 0 aromatic rings. The number of carbonyl (C=O) groups is 2. The van der Waals surface area contributed by atoms with Crippen LogP contribution in [-0.2, 0) is 9.59 Å². The van der Waals surface area contributed by atoms with Crippen molar-refractivity contribution in [2.45, 2.75) is 19.8 Å². The van der Waals surface area contributed by atoms with Gasteiger partial charge in [0, 0.05) is 18.5 Å². The van der Waals surface area contributed by atoms with Gasteiger partial charge in [-0.15, -0.1) is 0 Å². The quantitative estimate of drug-likeness (QED) is 0.373. The summed E-state index contributed by atoms with van der Waals surface area (Å²) in [5.41, 5.74) is 0.573. The Morgan fingerprint density at radius 2 is 1.94 bits per heavy atom. The summed E-state index contributed by atoms with van der Waals surface area (Å²) in [5.74, 6) is -0.922. The predicted molar refractivity (Wildman–Crippen MR) is 66.5 cm³/mol. The van der Waals surface area contributed by atoms with E-state index in [1.807, 2.05) is 21.0 Å². The van der Waals surface area contributed by atoms with Crippen molar-refractivity contribution in [3.05, 3.63) is 12.2 Å². The van der Waals surface area contributed by atoms with E-state index in [9.17, 15) is 9.59 Å². The number of rotatable bonds is 8. The molecule has 0 bridgehead atoms. The lowest BCUT2D eigenvalue weighted by Gasteiger charge is -2.27. The highest BCUT2D eigenvalue weighted by molar-refractivity contribution is 5.92. The second kappa shape index (κ2) is 7.06. The standard InChI is InChI=1S/C12H22N2O3/c1-5-10(2)12(17)13-7-6-8-14(3,4)9-11(15)16/h2,5-9H2,1,3-4H3,(H-,13,15,16,17)/p+1. The van der Waals surface area contributed by atoms with Gasteiger partial charge in [-0.3, -0.25) is 4.79 Å². The van der Waals surface area contributed by atoms with Crippen molar-refractivity contribution in [1.29, 1.82) is 0 Å². The van der Waals surface area contributed by atoms with E-state index in [4.69, 9.17) is 5.11 Å². The number of carboxylic acids is 1. The Morgan fingerprint density at radius 1 is 1.35 bits per heavy atom. The van der Waals surface area contributed by atoms with Crippen LogP contribution in [0.15, 0.2) is 12.2 Å². The first-order valence-electron chi connectivity index (χ1n) is 5.78. The lowest BCUT2D eigenvalue weighted by atomic mass is 10.2. The van der Waals surface area contributed by atoms with Crippen molar-refractivity contribution >= 4 is 11.9 Å². The van der Waals surface area contributed by atoms with Gasteiger partial charge < -0.3 is 14.9 Å². The number of hydrogen-bond donors (Lipinski definition) is 2. The lowest BCUT2D eigenvalue weighted by Crippen LogP contribution is -2.45. The molecule has 0 saturated heterocycles. The van der Waals surface area contributed by atoms with Crippen LogP contribution in [-0.4, -0.2) is 55.2 Å². The van der Waals surface area contributed by atoms with Crippen molar-refractivity contribution in [3.63, 3.8) is 0 Å². The molecule has 98 valence electrons. The molecule has 0 aliphatic rings. The third kappa shape index (κ3) is 7.52. The molecule has 0 aliphatic heterocycles. The summed E-state index contributed by atoms with van der Waals surface area (Å²) in [4.78, 5) is 22.0. The molecule has 2 N–H and O–H groups in total. The second-order valence-electron chi connectivity index (χ2n) is 4.78. The van der Waals surface area contributed by atoms with Crippen molar-refractivity contribution in [3.8, 4) is 0 Å². The number of carboxylic acid groups (broad SMARTS) is 1. The molecule has 0 radical (unpaired) electrons. The van der Waals surface area contributed by atoms with Crippen LogP contribution in [0.4, 0.5) is 0 Å². The van der Waals surface area contributed by atoms with Gasteiger partial charge >= 0.3 is 5.97 Å². The summed E-state index contributed by atoms with van der Waals surface area (Å²) in [7, 11) is 3.72. The van der Waals surface area contributed by atoms with Crippen molar-refractivity contribution < 1.29 is 19.2 Å². The zero-order valence-electron chi connectivity index (χ0n) is 11.0. The molecule has 0 unspecified atom stereocenters. The van der Waals surface area contributed by atoms with E-state index >= 15 is 0 Å². The van der Waals surface area contributed by atoms with Crippen LogP contribution < -0.4 is 5.32 Å². The minimum atomic E-state index is -0.807. The van der Waals surface area contributed by atoms with E-state index in [0.717, 1.165) is 6.42 Å². The summed E-state index contributed by atoms with van der Waals surface area (Å²) >= 11 is 0. The Morgan fingerprint density at radius 3 is 2.41 bits per heavy atom. The van der Waals surface area contributed by atoms with Crippen LogP contribution in [0.2, 0.25) is 0 Å². The average Bonchev–Trinajstić information content (AvgIpc) is 2.21. The van der Waals surface area contributed by atoms with Crippen molar-refractivity contribution in [2.75, 3.05) is 33.7 Å². The SMILES string of the molecule is C=C(CC)C(=O)NCCC[N+](C)(C)CC(=O)O. The molecule has 0 saturated carbocycles. The van der Waals surface area contributed by atoms with Gasteiger partial charge in [0.25, 0.3) is 0 Å². The summed E-state index contributed by atoms with van der Waals surface area (Å²) in [6, 6.07) is 0. The maximum absolute atomic E-state index is 11.4. The smallest absolute Gasteiger partial charge is 0.359 e. The average molecular weight is 243 g/mol. The van der Waals surface area contributed by atoms with E-state index in [1.54, 1.807) is 0 Å². The number of carbonyl (C=O) groups excluding carboxylic acids is 1. The number of quaternary nitrogens is 1. The Hall–Kier alpha value is -1.36. The summed E-state index contributed by atoms with van der Waals surface area (Å²) in [6.45, 7) is 6.89. The monoisotopic (exact) mass is 243 g/mol. The second-order valence-corrected chi connectivity index (χ2v) is 4.78. The maximum atomic E-state index is 11.4. The summed E-state index contributed by atoms with van der Waals surface area (Å²) in [6.07, 6.45) is 1.40. The highest BCUT2D eigenvalue weighted by Gasteiger charge is 2.18. The largest absolute Gasteiger partial charge is 0.477 e. The molecule has 0 aliphatic carbocycles. The Kier molecular flexibility index (Phi) is 6.50. The van der Waals surface area contributed by atoms with E-state index in [1.165, 1.54) is 0 Å². The Balaban J connectivity index is 3.81. The van der Waals surface area contributed by atoms with Gasteiger partial charge in [-0.2, -0.15) is 0 Å². The summed E-state index contributed by atoms with van der Waals surface area (Å²) in [5, 5.41) is 11.5. The molecule has 0 atom stereocenters. The van der Waals surface area contributed by atoms with Crippen molar-refractivity contribution in [1.82, 2.24) is 5.32 Å². The van der Waals surface area contributed by atoms with Crippen LogP contribution >= 0.6 is 0 Å². The van der Waals surface area contributed by atoms with Crippen LogP contribution in [0.5, 0.6) is 0 Å². The van der Waals surface area contributed by atoms with Crippen LogP contribution in [0.3, 0.4) is 0 Å². The number of nitrogens with one attached hydrogen (secondary N) is 1. The van der Waals surface area contributed by atoms with Gasteiger partial charge in [-0.25, -0.2) is 4.79 Å². The number of amides is 1.